The summed E-state index contributed by atoms with van der Waals surface area (Å²) in [7, 11) is -3.90. The normalized spacial score (nSPS) is 20.2. The van der Waals surface area contributed by atoms with Gasteiger partial charge in [-0.15, -0.1) is 0 Å². The zero-order valence-electron chi connectivity index (χ0n) is 22.6. The Hall–Kier alpha value is -2.54. The van der Waals surface area contributed by atoms with Gasteiger partial charge in [-0.3, -0.25) is 9.59 Å². The van der Waals surface area contributed by atoms with Crippen molar-refractivity contribution in [2.75, 3.05) is 26.2 Å². The van der Waals surface area contributed by atoms with Gasteiger partial charge in [-0.25, -0.2) is 13.1 Å². The quantitative estimate of drug-likeness (QED) is 0.291. The van der Waals surface area contributed by atoms with Crippen molar-refractivity contribution in [2.45, 2.75) is 62.7 Å². The number of hydrogen-bond donors (Lipinski definition) is 4. The number of hydrogen-bond acceptors (Lipinski definition) is 7. The highest BCUT2D eigenvalue weighted by atomic mass is 35.5. The van der Waals surface area contributed by atoms with Crippen LogP contribution in [0, 0.1) is 0 Å². The molecule has 4 rings (SSSR count). The average Bonchev–Trinajstić information content (AvgIpc) is 3.57. The van der Waals surface area contributed by atoms with Crippen LogP contribution in [-0.4, -0.2) is 74.3 Å². The molecule has 0 spiro atoms. The molecule has 2 fully saturated rings. The smallest absolute Gasteiger partial charge is 0.241 e. The molecular weight excluding hydrogens is 552 g/mol. The van der Waals surface area contributed by atoms with E-state index in [9.17, 15) is 18.0 Å². The van der Waals surface area contributed by atoms with E-state index < -0.39 is 16.1 Å². The van der Waals surface area contributed by atoms with Crippen molar-refractivity contribution in [3.05, 3.63) is 70.2 Å². The lowest BCUT2D eigenvalue weighted by Gasteiger charge is -2.30. The highest BCUT2D eigenvalue weighted by Gasteiger charge is 2.37. The third-order valence-electron chi connectivity index (χ3n) is 7.52. The summed E-state index contributed by atoms with van der Waals surface area (Å²) in [6.07, 6.45) is 2.00. The number of halogens is 1. The number of amides is 2. The van der Waals surface area contributed by atoms with E-state index in [0.717, 1.165) is 24.0 Å². The number of carbonyl (C=O) groups is 2. The summed E-state index contributed by atoms with van der Waals surface area (Å²) < 4.78 is 28.8. The molecule has 3 unspecified atom stereocenters. The summed E-state index contributed by atoms with van der Waals surface area (Å²) in [4.78, 5) is 30.2. The first-order valence-corrected chi connectivity index (χ1v) is 15.7. The Morgan fingerprint density at radius 1 is 1.07 bits per heavy atom. The molecule has 2 aromatic carbocycles. The van der Waals surface area contributed by atoms with Gasteiger partial charge in [-0.05, 0) is 48.1 Å². The van der Waals surface area contributed by atoms with Gasteiger partial charge in [-0.1, -0.05) is 48.0 Å². The molecule has 12 heteroatoms. The van der Waals surface area contributed by atoms with Crippen LogP contribution in [0.5, 0.6) is 0 Å². The first-order valence-electron chi connectivity index (χ1n) is 13.7. The standard InChI is InChI=1S/C28H39ClN6O4S/c29-23-9-8-21(15-30)22(13-23)16-32-17-25-7-4-11-35(25)28(37)26(14-27(36)34-12-10-24(31)18-34)33-40(38,39)19-20-5-2-1-3-6-20/h1-3,5-6,8-9,13,24-26,32-33H,4,7,10-12,14-19,30-31H2. The summed E-state index contributed by atoms with van der Waals surface area (Å²) in [6.45, 7) is 2.84. The van der Waals surface area contributed by atoms with Gasteiger partial charge in [0.15, 0.2) is 0 Å². The number of carbonyl (C=O) groups excluding carboxylic acids is 2. The lowest BCUT2D eigenvalue weighted by atomic mass is 10.1. The first kappa shape index (κ1) is 30.4. The molecule has 0 bridgehead atoms. The zero-order chi connectivity index (χ0) is 28.7. The zero-order valence-corrected chi connectivity index (χ0v) is 24.2. The minimum Gasteiger partial charge on any atom is -0.341 e. The van der Waals surface area contributed by atoms with Crippen LogP contribution in [0.25, 0.3) is 0 Å². The fraction of sp³-hybridized carbons (Fsp3) is 0.500. The molecule has 2 saturated heterocycles. The van der Waals surface area contributed by atoms with E-state index in [1.807, 2.05) is 12.1 Å². The molecular formula is C28H39ClN6O4S. The van der Waals surface area contributed by atoms with Gasteiger partial charge >= 0.3 is 0 Å². The third-order valence-corrected chi connectivity index (χ3v) is 9.11. The van der Waals surface area contributed by atoms with Crippen LogP contribution in [-0.2, 0) is 38.5 Å². The van der Waals surface area contributed by atoms with Gasteiger partial charge in [0, 0.05) is 56.4 Å². The number of nitrogens with one attached hydrogen (secondary N) is 2. The predicted molar refractivity (Wildman–Crippen MR) is 156 cm³/mol. The second-order valence-corrected chi connectivity index (χ2v) is 12.8. The summed E-state index contributed by atoms with van der Waals surface area (Å²) in [5, 5.41) is 4.03. The molecule has 40 heavy (non-hydrogen) atoms. The SMILES string of the molecule is NCc1ccc(Cl)cc1CNCC1CCCN1C(=O)C(CC(=O)N1CCC(N)C1)NS(=O)(=O)Cc1ccccc1. The summed E-state index contributed by atoms with van der Waals surface area (Å²) in [5.41, 5.74) is 14.4. The topological polar surface area (TPSA) is 151 Å². The minimum absolute atomic E-state index is 0.110. The number of nitrogens with two attached hydrogens (primary N) is 2. The largest absolute Gasteiger partial charge is 0.341 e. The molecule has 0 radical (unpaired) electrons. The number of likely N-dealkylation sites (tertiary alicyclic amines) is 2. The average molecular weight is 591 g/mol. The van der Waals surface area contributed by atoms with Gasteiger partial charge < -0.3 is 26.6 Å². The molecule has 2 amide bonds. The van der Waals surface area contributed by atoms with Crippen molar-refractivity contribution in [3.8, 4) is 0 Å². The van der Waals surface area contributed by atoms with Crippen LogP contribution in [0.2, 0.25) is 5.02 Å². The molecule has 0 saturated carbocycles. The molecule has 3 atom stereocenters. The fourth-order valence-corrected chi connectivity index (χ4v) is 6.95. The van der Waals surface area contributed by atoms with Crippen molar-refractivity contribution in [2.24, 2.45) is 11.5 Å². The maximum Gasteiger partial charge on any atom is 0.241 e. The van der Waals surface area contributed by atoms with E-state index in [-0.39, 0.29) is 36.1 Å². The summed E-state index contributed by atoms with van der Waals surface area (Å²) in [5.74, 6) is -0.949. The number of nitrogens with zero attached hydrogens (tertiary/aromatic N) is 2. The molecule has 2 aliphatic rings. The van der Waals surface area contributed by atoms with Gasteiger partial charge in [0.1, 0.15) is 6.04 Å². The maximum atomic E-state index is 13.8. The lowest BCUT2D eigenvalue weighted by molar-refractivity contribution is -0.138. The highest BCUT2D eigenvalue weighted by Crippen LogP contribution is 2.21. The van der Waals surface area contributed by atoms with Gasteiger partial charge in [-0.2, -0.15) is 0 Å². The molecule has 2 aliphatic heterocycles. The lowest BCUT2D eigenvalue weighted by Crippen LogP contribution is -2.53. The van der Waals surface area contributed by atoms with Crippen LogP contribution in [0.4, 0.5) is 0 Å². The van der Waals surface area contributed by atoms with Gasteiger partial charge in [0.25, 0.3) is 0 Å². The molecule has 0 aliphatic carbocycles. The molecule has 10 nitrogen and oxygen atoms in total. The number of benzene rings is 2. The van der Waals surface area contributed by atoms with Crippen molar-refractivity contribution >= 4 is 33.4 Å². The molecule has 2 heterocycles. The van der Waals surface area contributed by atoms with Crippen LogP contribution < -0.4 is 21.5 Å². The van der Waals surface area contributed by atoms with Crippen molar-refractivity contribution in [1.82, 2.24) is 19.8 Å². The van der Waals surface area contributed by atoms with Crippen LogP contribution >= 0.6 is 11.6 Å². The van der Waals surface area contributed by atoms with E-state index in [1.165, 1.54) is 0 Å². The highest BCUT2D eigenvalue weighted by molar-refractivity contribution is 7.88. The van der Waals surface area contributed by atoms with Crippen LogP contribution in [0.1, 0.15) is 42.4 Å². The van der Waals surface area contributed by atoms with E-state index in [4.69, 9.17) is 23.1 Å². The molecule has 218 valence electrons. The summed E-state index contributed by atoms with van der Waals surface area (Å²) >= 11 is 6.16. The molecule has 6 N–H and O–H groups in total. The molecule has 2 aromatic rings. The summed E-state index contributed by atoms with van der Waals surface area (Å²) in [6, 6.07) is 12.9. The van der Waals surface area contributed by atoms with E-state index >= 15 is 0 Å². The Kier molecular flexibility index (Phi) is 10.6. The van der Waals surface area contributed by atoms with Crippen molar-refractivity contribution in [1.29, 1.82) is 0 Å². The van der Waals surface area contributed by atoms with Gasteiger partial charge in [0.2, 0.25) is 21.8 Å². The van der Waals surface area contributed by atoms with E-state index in [1.54, 1.807) is 46.2 Å². The Labute approximate surface area is 241 Å². The molecule has 0 aromatic heterocycles. The van der Waals surface area contributed by atoms with Crippen molar-refractivity contribution in [3.63, 3.8) is 0 Å². The monoisotopic (exact) mass is 590 g/mol. The van der Waals surface area contributed by atoms with E-state index in [2.05, 4.69) is 10.0 Å². The Bertz CT molecular complexity index is 1280. The van der Waals surface area contributed by atoms with Crippen LogP contribution in [0.15, 0.2) is 48.5 Å². The van der Waals surface area contributed by atoms with E-state index in [0.29, 0.717) is 56.3 Å². The second-order valence-electron chi connectivity index (χ2n) is 10.6. The van der Waals surface area contributed by atoms with Crippen molar-refractivity contribution < 1.29 is 18.0 Å². The Balaban J connectivity index is 1.45. The number of rotatable bonds is 12. The predicted octanol–water partition coefficient (Wildman–Crippen LogP) is 1.32. The third kappa shape index (κ3) is 8.25. The minimum atomic E-state index is -3.90. The maximum absolute atomic E-state index is 13.8. The fourth-order valence-electron chi connectivity index (χ4n) is 5.42. The second kappa shape index (κ2) is 13.9. The van der Waals surface area contributed by atoms with Gasteiger partial charge in [0.05, 0.1) is 12.2 Å². The Morgan fingerprint density at radius 2 is 1.85 bits per heavy atom. The number of sulfonamides is 1. The van der Waals surface area contributed by atoms with Crippen LogP contribution in [0.3, 0.4) is 0 Å². The first-order chi connectivity index (χ1) is 19.1. The Morgan fingerprint density at radius 3 is 2.55 bits per heavy atom.